The van der Waals surface area contributed by atoms with Crippen molar-refractivity contribution in [3.8, 4) is 0 Å². The Morgan fingerprint density at radius 3 is 2.20 bits per heavy atom. The number of hydrogen-bond donors (Lipinski definition) is 2. The third-order valence-electron chi connectivity index (χ3n) is 5.34. The number of aliphatic carboxylic acids is 1. The van der Waals surface area contributed by atoms with Crippen LogP contribution in [0.15, 0.2) is 0 Å². The van der Waals surface area contributed by atoms with Crippen molar-refractivity contribution in [2.45, 2.75) is 57.0 Å². The minimum atomic E-state index is -0.808. The highest BCUT2D eigenvalue weighted by Gasteiger charge is 2.53. The fourth-order valence-electron chi connectivity index (χ4n) is 3.96. The van der Waals surface area contributed by atoms with Crippen molar-refractivity contribution in [1.82, 2.24) is 4.90 Å². The molecule has 1 amide bonds. The van der Waals surface area contributed by atoms with Gasteiger partial charge in [-0.3, -0.25) is 9.59 Å². The third-order valence-corrected chi connectivity index (χ3v) is 5.34. The van der Waals surface area contributed by atoms with Gasteiger partial charge in [0.1, 0.15) is 5.60 Å². The molecule has 3 rings (SSSR count). The number of carboxylic acid groups (broad SMARTS) is 1. The Balaban J connectivity index is 1.56. The van der Waals surface area contributed by atoms with Crippen LogP contribution in [-0.4, -0.2) is 45.7 Å². The number of carbonyl (C=O) groups excluding carboxylic acids is 1. The van der Waals surface area contributed by atoms with Gasteiger partial charge in [-0.2, -0.15) is 0 Å². The van der Waals surface area contributed by atoms with Gasteiger partial charge in [-0.1, -0.05) is 12.8 Å². The number of amides is 1. The van der Waals surface area contributed by atoms with Gasteiger partial charge in [0.05, 0.1) is 19.5 Å². The largest absolute Gasteiger partial charge is 0.481 e. The second kappa shape index (κ2) is 4.72. The molecule has 1 heterocycles. The molecule has 112 valence electrons. The van der Waals surface area contributed by atoms with Crippen LogP contribution in [-0.2, 0) is 9.59 Å². The summed E-state index contributed by atoms with van der Waals surface area (Å²) in [5, 5.41) is 19.3. The minimum Gasteiger partial charge on any atom is -0.481 e. The number of carboxylic acids is 1. The maximum atomic E-state index is 12.3. The maximum absolute atomic E-state index is 12.3. The van der Waals surface area contributed by atoms with Crippen molar-refractivity contribution in [3.05, 3.63) is 0 Å². The first kappa shape index (κ1) is 13.9. The number of rotatable bonds is 5. The van der Waals surface area contributed by atoms with E-state index < -0.39 is 11.6 Å². The number of likely N-dealkylation sites (tertiary alicyclic amines) is 1. The van der Waals surface area contributed by atoms with Gasteiger partial charge in [-0.15, -0.1) is 0 Å². The molecular weight excluding hydrogens is 258 g/mol. The zero-order valence-corrected chi connectivity index (χ0v) is 11.8. The lowest BCUT2D eigenvalue weighted by atomic mass is 9.78. The van der Waals surface area contributed by atoms with E-state index in [1.807, 2.05) is 0 Å². The summed E-state index contributed by atoms with van der Waals surface area (Å²) in [7, 11) is 0. The fourth-order valence-corrected chi connectivity index (χ4v) is 3.96. The smallest absolute Gasteiger partial charge is 0.303 e. The molecule has 0 bridgehead atoms. The number of β-amino-alcohol motifs (C(OH)–C–C–N with tert-alkyl or cyclic N) is 1. The highest BCUT2D eigenvalue weighted by Crippen LogP contribution is 2.47. The molecule has 2 saturated carbocycles. The van der Waals surface area contributed by atoms with Crippen LogP contribution in [0.5, 0.6) is 0 Å². The summed E-state index contributed by atoms with van der Waals surface area (Å²) >= 11 is 0. The molecule has 3 aliphatic rings. The first-order valence-electron chi connectivity index (χ1n) is 7.65. The summed E-state index contributed by atoms with van der Waals surface area (Å²) in [6.07, 6.45) is 6.29. The van der Waals surface area contributed by atoms with Gasteiger partial charge in [-0.25, -0.2) is 0 Å². The summed E-state index contributed by atoms with van der Waals surface area (Å²) in [5.41, 5.74) is -0.985. The van der Waals surface area contributed by atoms with Crippen molar-refractivity contribution in [3.63, 3.8) is 0 Å². The van der Waals surface area contributed by atoms with Crippen molar-refractivity contribution in [1.29, 1.82) is 0 Å². The van der Waals surface area contributed by atoms with Crippen molar-refractivity contribution in [2.24, 2.45) is 11.3 Å². The lowest BCUT2D eigenvalue weighted by molar-refractivity contribution is -0.162. The molecule has 0 aromatic carbocycles. The Hall–Kier alpha value is -1.10. The van der Waals surface area contributed by atoms with E-state index in [0.29, 0.717) is 25.4 Å². The van der Waals surface area contributed by atoms with E-state index in [1.165, 1.54) is 0 Å². The molecule has 2 aliphatic carbocycles. The average Bonchev–Trinajstić information content (AvgIpc) is 3.08. The highest BCUT2D eigenvalue weighted by molar-refractivity contribution is 5.79. The second-order valence-electron chi connectivity index (χ2n) is 7.08. The van der Waals surface area contributed by atoms with Crippen LogP contribution in [0.4, 0.5) is 0 Å². The monoisotopic (exact) mass is 281 g/mol. The number of aliphatic hydroxyl groups is 1. The van der Waals surface area contributed by atoms with Crippen LogP contribution in [0, 0.1) is 11.3 Å². The van der Waals surface area contributed by atoms with Gasteiger partial charge in [0.25, 0.3) is 0 Å². The number of carbonyl (C=O) groups is 2. The molecular formula is C15H23NO4. The van der Waals surface area contributed by atoms with Crippen LogP contribution in [0.25, 0.3) is 0 Å². The van der Waals surface area contributed by atoms with E-state index in [-0.39, 0.29) is 17.7 Å². The zero-order chi connectivity index (χ0) is 14.4. The number of nitrogens with zero attached hydrogens (tertiary/aromatic N) is 1. The first-order valence-corrected chi connectivity index (χ1v) is 7.65. The third kappa shape index (κ3) is 2.55. The molecule has 0 spiro atoms. The van der Waals surface area contributed by atoms with Gasteiger partial charge >= 0.3 is 5.97 Å². The molecule has 1 aliphatic heterocycles. The average molecular weight is 281 g/mol. The molecule has 1 saturated heterocycles. The molecule has 0 atom stereocenters. The van der Waals surface area contributed by atoms with E-state index >= 15 is 0 Å². The minimum absolute atomic E-state index is 0.0264. The van der Waals surface area contributed by atoms with Crippen molar-refractivity contribution >= 4 is 11.9 Å². The van der Waals surface area contributed by atoms with Crippen molar-refractivity contribution < 1.29 is 19.8 Å². The standard InChI is InChI=1S/C15H23NO4/c17-12(16-9-15(20,10-16)11-3-4-11)7-14(8-13(18)19)5-1-2-6-14/h11,20H,1-10H2,(H,18,19). The maximum Gasteiger partial charge on any atom is 0.303 e. The lowest BCUT2D eigenvalue weighted by Crippen LogP contribution is -2.65. The Labute approximate surface area is 119 Å². The lowest BCUT2D eigenvalue weighted by Gasteiger charge is -2.48. The predicted molar refractivity (Wildman–Crippen MR) is 72.0 cm³/mol. The summed E-state index contributed by atoms with van der Waals surface area (Å²) in [4.78, 5) is 25.1. The van der Waals surface area contributed by atoms with Gasteiger partial charge in [-0.05, 0) is 37.0 Å². The Bertz CT molecular complexity index is 418. The van der Waals surface area contributed by atoms with E-state index in [0.717, 1.165) is 38.5 Å². The highest BCUT2D eigenvalue weighted by atomic mass is 16.4. The van der Waals surface area contributed by atoms with Crippen LogP contribution in [0.3, 0.4) is 0 Å². The molecule has 3 fully saturated rings. The Morgan fingerprint density at radius 2 is 1.70 bits per heavy atom. The second-order valence-corrected chi connectivity index (χ2v) is 7.08. The van der Waals surface area contributed by atoms with Gasteiger partial charge < -0.3 is 15.1 Å². The van der Waals surface area contributed by atoms with Gasteiger partial charge in [0.15, 0.2) is 0 Å². The first-order chi connectivity index (χ1) is 9.42. The molecule has 5 heteroatoms. The molecule has 2 N–H and O–H groups in total. The summed E-state index contributed by atoms with van der Waals surface area (Å²) in [6, 6.07) is 0. The molecule has 5 nitrogen and oxygen atoms in total. The van der Waals surface area contributed by atoms with Crippen LogP contribution >= 0.6 is 0 Å². The van der Waals surface area contributed by atoms with Crippen LogP contribution in [0.1, 0.15) is 51.4 Å². The SMILES string of the molecule is O=C(O)CC1(CC(=O)N2CC(O)(C3CC3)C2)CCCC1. The zero-order valence-electron chi connectivity index (χ0n) is 11.8. The Kier molecular flexibility index (Phi) is 3.27. The van der Waals surface area contributed by atoms with Crippen LogP contribution in [0.2, 0.25) is 0 Å². The topological polar surface area (TPSA) is 77.8 Å². The molecule has 0 aromatic heterocycles. The summed E-state index contributed by atoms with van der Waals surface area (Å²) in [6.45, 7) is 0.888. The van der Waals surface area contributed by atoms with E-state index in [1.54, 1.807) is 4.90 Å². The van der Waals surface area contributed by atoms with Crippen molar-refractivity contribution in [2.75, 3.05) is 13.1 Å². The molecule has 0 radical (unpaired) electrons. The van der Waals surface area contributed by atoms with Gasteiger partial charge in [0.2, 0.25) is 5.91 Å². The molecule has 20 heavy (non-hydrogen) atoms. The van der Waals surface area contributed by atoms with E-state index in [9.17, 15) is 14.7 Å². The summed E-state index contributed by atoms with van der Waals surface area (Å²) in [5.74, 6) is -0.401. The molecule has 0 unspecified atom stereocenters. The fraction of sp³-hybridized carbons (Fsp3) is 0.867. The molecule has 0 aromatic rings. The van der Waals surface area contributed by atoms with Gasteiger partial charge in [0, 0.05) is 6.42 Å². The van der Waals surface area contributed by atoms with Crippen LogP contribution < -0.4 is 0 Å². The number of hydrogen-bond acceptors (Lipinski definition) is 3. The predicted octanol–water partition coefficient (Wildman–Crippen LogP) is 1.39. The quantitative estimate of drug-likeness (QED) is 0.798. The van der Waals surface area contributed by atoms with E-state index in [4.69, 9.17) is 5.11 Å². The van der Waals surface area contributed by atoms with E-state index in [2.05, 4.69) is 0 Å². The Morgan fingerprint density at radius 1 is 1.10 bits per heavy atom. The normalized spacial score (nSPS) is 27.1. The summed E-state index contributed by atoms with van der Waals surface area (Å²) < 4.78 is 0.